The zero-order valence-electron chi connectivity index (χ0n) is 20.9. The highest BCUT2D eigenvalue weighted by atomic mass is 16.3. The van der Waals surface area contributed by atoms with Gasteiger partial charge in [-0.3, -0.25) is 4.79 Å². The zero-order chi connectivity index (χ0) is 24.5. The predicted molar refractivity (Wildman–Crippen MR) is 136 cm³/mol. The standard InChI is InChI=1S/C28H36N4O2/c1-6-28(7-2,22-15-13-20(18-33)14-16-22)30-26(34)24-19(3)31-32-25(24)29-23(17-27(32,4)5)21-11-9-8-10-12-21/h8-16,23,29,33H,6-7,17-18H2,1-5H3,(H,30,34). The summed E-state index contributed by atoms with van der Waals surface area (Å²) in [5.41, 5.74) is 3.68. The average molecular weight is 461 g/mol. The van der Waals surface area contributed by atoms with E-state index >= 15 is 0 Å². The number of carbonyl (C=O) groups excluding carboxylic acids is 1. The van der Waals surface area contributed by atoms with Gasteiger partial charge in [0, 0.05) is 0 Å². The second-order valence-corrected chi connectivity index (χ2v) is 9.94. The largest absolute Gasteiger partial charge is 0.392 e. The van der Waals surface area contributed by atoms with Crippen molar-refractivity contribution >= 4 is 11.7 Å². The molecule has 1 unspecified atom stereocenters. The fourth-order valence-corrected chi connectivity index (χ4v) is 5.18. The lowest BCUT2D eigenvalue weighted by Gasteiger charge is -2.38. The van der Waals surface area contributed by atoms with Crippen LogP contribution >= 0.6 is 0 Å². The first kappa shape index (κ1) is 24.0. The van der Waals surface area contributed by atoms with Crippen molar-refractivity contribution in [3.05, 3.63) is 82.5 Å². The average Bonchev–Trinajstić information content (AvgIpc) is 3.20. The number of hydrogen-bond acceptors (Lipinski definition) is 4. The van der Waals surface area contributed by atoms with E-state index in [1.54, 1.807) is 0 Å². The van der Waals surface area contributed by atoms with Crippen LogP contribution in [-0.2, 0) is 17.7 Å². The number of amides is 1. The van der Waals surface area contributed by atoms with E-state index in [1.807, 2.05) is 54.1 Å². The van der Waals surface area contributed by atoms with Gasteiger partial charge in [-0.2, -0.15) is 5.10 Å². The summed E-state index contributed by atoms with van der Waals surface area (Å²) < 4.78 is 1.98. The monoisotopic (exact) mass is 460 g/mol. The Kier molecular flexibility index (Phi) is 6.54. The molecule has 0 saturated carbocycles. The van der Waals surface area contributed by atoms with Crippen LogP contribution in [0.15, 0.2) is 54.6 Å². The maximum Gasteiger partial charge on any atom is 0.257 e. The van der Waals surface area contributed by atoms with Crippen LogP contribution in [0, 0.1) is 6.92 Å². The topological polar surface area (TPSA) is 79.2 Å². The molecule has 0 bridgehead atoms. The number of aromatic nitrogens is 2. The van der Waals surface area contributed by atoms with Gasteiger partial charge in [0.05, 0.1) is 29.4 Å². The fraction of sp³-hybridized carbons (Fsp3) is 0.429. The number of nitrogens with one attached hydrogen (secondary N) is 2. The van der Waals surface area contributed by atoms with Gasteiger partial charge >= 0.3 is 0 Å². The Bertz CT molecular complexity index is 1150. The minimum Gasteiger partial charge on any atom is -0.392 e. The lowest BCUT2D eigenvalue weighted by atomic mass is 9.84. The Morgan fingerprint density at radius 2 is 1.79 bits per heavy atom. The molecule has 1 aromatic heterocycles. The molecule has 34 heavy (non-hydrogen) atoms. The van der Waals surface area contributed by atoms with Gasteiger partial charge in [0.15, 0.2) is 0 Å². The minimum atomic E-state index is -0.505. The molecule has 6 nitrogen and oxygen atoms in total. The first-order chi connectivity index (χ1) is 16.2. The Morgan fingerprint density at radius 1 is 1.15 bits per heavy atom. The quantitative estimate of drug-likeness (QED) is 0.440. The van der Waals surface area contributed by atoms with E-state index in [9.17, 15) is 9.90 Å². The number of nitrogens with zero attached hydrogens (tertiary/aromatic N) is 2. The SMILES string of the molecule is CCC(CC)(NC(=O)c1c(C)nn2c1NC(c1ccccc1)CC2(C)C)c1ccc(CO)cc1. The van der Waals surface area contributed by atoms with Crippen molar-refractivity contribution in [3.63, 3.8) is 0 Å². The van der Waals surface area contributed by atoms with Crippen LogP contribution in [0.3, 0.4) is 0 Å². The number of aliphatic hydroxyl groups is 1. The van der Waals surface area contributed by atoms with Gasteiger partial charge in [0.2, 0.25) is 0 Å². The van der Waals surface area contributed by atoms with Crippen LogP contribution < -0.4 is 10.6 Å². The predicted octanol–water partition coefficient (Wildman–Crippen LogP) is 5.42. The highest BCUT2D eigenvalue weighted by Gasteiger charge is 2.39. The molecule has 4 rings (SSSR count). The number of aliphatic hydroxyl groups excluding tert-OH is 1. The van der Waals surface area contributed by atoms with Gasteiger partial charge in [-0.05, 0) is 56.7 Å². The van der Waals surface area contributed by atoms with E-state index < -0.39 is 5.54 Å². The van der Waals surface area contributed by atoms with Crippen molar-refractivity contribution < 1.29 is 9.90 Å². The number of aryl methyl sites for hydroxylation is 1. The van der Waals surface area contributed by atoms with E-state index in [-0.39, 0.29) is 24.1 Å². The molecule has 3 N–H and O–H groups in total. The summed E-state index contributed by atoms with van der Waals surface area (Å²) in [6, 6.07) is 18.3. The molecule has 1 aliphatic heterocycles. The lowest BCUT2D eigenvalue weighted by molar-refractivity contribution is 0.0889. The van der Waals surface area contributed by atoms with Gasteiger partial charge in [-0.1, -0.05) is 68.4 Å². The number of benzene rings is 2. The molecule has 2 heterocycles. The summed E-state index contributed by atoms with van der Waals surface area (Å²) >= 11 is 0. The smallest absolute Gasteiger partial charge is 0.257 e. The van der Waals surface area contributed by atoms with Gasteiger partial charge in [0.1, 0.15) is 11.4 Å². The normalized spacial score (nSPS) is 17.1. The van der Waals surface area contributed by atoms with Crippen molar-refractivity contribution in [2.45, 2.75) is 77.6 Å². The summed E-state index contributed by atoms with van der Waals surface area (Å²) in [6.45, 7) is 10.4. The van der Waals surface area contributed by atoms with E-state index in [1.165, 1.54) is 5.56 Å². The number of carbonyl (C=O) groups is 1. The maximum atomic E-state index is 13.8. The minimum absolute atomic E-state index is 0.00364. The van der Waals surface area contributed by atoms with E-state index in [0.29, 0.717) is 5.56 Å². The zero-order valence-corrected chi connectivity index (χ0v) is 20.9. The fourth-order valence-electron chi connectivity index (χ4n) is 5.18. The molecular formula is C28H36N4O2. The molecule has 0 fully saturated rings. The van der Waals surface area contributed by atoms with Crippen LogP contribution in [0.5, 0.6) is 0 Å². The summed E-state index contributed by atoms with van der Waals surface area (Å²) in [5, 5.41) is 21.2. The summed E-state index contributed by atoms with van der Waals surface area (Å²) in [6.07, 6.45) is 2.38. The molecule has 0 aliphatic carbocycles. The van der Waals surface area contributed by atoms with E-state index in [4.69, 9.17) is 5.10 Å². The van der Waals surface area contributed by atoms with Crippen molar-refractivity contribution in [1.82, 2.24) is 15.1 Å². The van der Waals surface area contributed by atoms with Gasteiger partial charge in [-0.25, -0.2) is 4.68 Å². The molecule has 0 spiro atoms. The van der Waals surface area contributed by atoms with Crippen LogP contribution in [0.1, 0.15) is 85.7 Å². The molecule has 6 heteroatoms. The third-order valence-electron chi connectivity index (χ3n) is 7.33. The third kappa shape index (κ3) is 4.23. The lowest BCUT2D eigenvalue weighted by Crippen LogP contribution is -2.45. The van der Waals surface area contributed by atoms with Crippen molar-refractivity contribution in [1.29, 1.82) is 0 Å². The van der Waals surface area contributed by atoms with Crippen molar-refractivity contribution in [2.75, 3.05) is 5.32 Å². The molecule has 1 atom stereocenters. The van der Waals surface area contributed by atoms with E-state index in [0.717, 1.165) is 41.9 Å². The summed E-state index contributed by atoms with van der Waals surface area (Å²) in [4.78, 5) is 13.8. The number of rotatable bonds is 7. The Labute approximate surface area is 202 Å². The summed E-state index contributed by atoms with van der Waals surface area (Å²) in [7, 11) is 0. The van der Waals surface area contributed by atoms with Crippen LogP contribution in [-0.4, -0.2) is 20.8 Å². The number of fused-ring (bicyclic) bond motifs is 1. The maximum absolute atomic E-state index is 13.8. The van der Waals surface area contributed by atoms with E-state index in [2.05, 4.69) is 50.5 Å². The molecular weight excluding hydrogens is 424 g/mol. The molecule has 1 amide bonds. The van der Waals surface area contributed by atoms with Gasteiger partial charge in [-0.15, -0.1) is 0 Å². The Balaban J connectivity index is 1.71. The Morgan fingerprint density at radius 3 is 2.38 bits per heavy atom. The molecule has 0 saturated heterocycles. The summed E-state index contributed by atoms with van der Waals surface area (Å²) in [5.74, 6) is 0.655. The third-order valence-corrected chi connectivity index (χ3v) is 7.33. The highest BCUT2D eigenvalue weighted by Crippen LogP contribution is 2.41. The van der Waals surface area contributed by atoms with Crippen LogP contribution in [0.4, 0.5) is 5.82 Å². The first-order valence-electron chi connectivity index (χ1n) is 12.2. The van der Waals surface area contributed by atoms with Crippen molar-refractivity contribution in [3.8, 4) is 0 Å². The van der Waals surface area contributed by atoms with Gasteiger partial charge in [0.25, 0.3) is 5.91 Å². The molecule has 1 aliphatic rings. The first-order valence-corrected chi connectivity index (χ1v) is 12.2. The number of anilines is 1. The van der Waals surface area contributed by atoms with Crippen molar-refractivity contribution in [2.24, 2.45) is 0 Å². The molecule has 3 aromatic rings. The van der Waals surface area contributed by atoms with Crippen LogP contribution in [0.2, 0.25) is 0 Å². The number of hydrogen-bond donors (Lipinski definition) is 3. The second-order valence-electron chi connectivity index (χ2n) is 9.94. The highest BCUT2D eigenvalue weighted by molar-refractivity contribution is 6.00. The molecule has 180 valence electrons. The van der Waals surface area contributed by atoms with Crippen LogP contribution in [0.25, 0.3) is 0 Å². The molecule has 0 radical (unpaired) electrons. The van der Waals surface area contributed by atoms with Gasteiger partial charge < -0.3 is 15.7 Å². The Hall–Kier alpha value is -3.12. The second kappa shape index (κ2) is 9.26. The molecule has 2 aromatic carbocycles.